The van der Waals surface area contributed by atoms with Crippen molar-refractivity contribution in [2.75, 3.05) is 6.54 Å². The normalized spacial score (nSPS) is 11.6. The van der Waals surface area contributed by atoms with Crippen LogP contribution in [0.25, 0.3) is 11.4 Å². The van der Waals surface area contributed by atoms with Crippen molar-refractivity contribution in [1.82, 2.24) is 14.9 Å². The monoisotopic (exact) mass is 391 g/mol. The zero-order valence-electron chi connectivity index (χ0n) is 14.1. The summed E-state index contributed by atoms with van der Waals surface area (Å²) in [6, 6.07) is 14.5. The van der Waals surface area contributed by atoms with Gasteiger partial charge in [-0.2, -0.15) is 4.98 Å². The van der Waals surface area contributed by atoms with Crippen molar-refractivity contribution in [3.05, 3.63) is 70.6 Å². The smallest absolute Gasteiger partial charge is 0.228 e. The minimum atomic E-state index is -3.43. The minimum Gasteiger partial charge on any atom is -0.339 e. The molecule has 0 aliphatic heterocycles. The zero-order valence-corrected chi connectivity index (χ0v) is 15.7. The maximum absolute atomic E-state index is 12.2. The molecule has 1 N–H and O–H groups in total. The van der Waals surface area contributed by atoms with Crippen LogP contribution in [0.15, 0.2) is 53.1 Å². The molecule has 8 heteroatoms. The van der Waals surface area contributed by atoms with Crippen LogP contribution in [0, 0.1) is 6.92 Å². The van der Waals surface area contributed by atoms with E-state index in [1.54, 1.807) is 24.3 Å². The second-order valence-corrected chi connectivity index (χ2v) is 8.09. The number of sulfonamides is 1. The van der Waals surface area contributed by atoms with Crippen molar-refractivity contribution < 1.29 is 12.9 Å². The Labute approximate surface area is 157 Å². The molecule has 2 aromatic carbocycles. The summed E-state index contributed by atoms with van der Waals surface area (Å²) in [5, 5.41) is 4.53. The maximum atomic E-state index is 12.2. The Balaban J connectivity index is 1.56. The predicted molar refractivity (Wildman–Crippen MR) is 100 cm³/mol. The van der Waals surface area contributed by atoms with E-state index in [1.165, 1.54) is 0 Å². The van der Waals surface area contributed by atoms with Gasteiger partial charge in [-0.15, -0.1) is 0 Å². The average Bonchev–Trinajstić information content (AvgIpc) is 3.06. The Morgan fingerprint density at radius 2 is 1.85 bits per heavy atom. The third kappa shape index (κ3) is 4.91. The molecular formula is C18H18ClN3O3S. The van der Waals surface area contributed by atoms with E-state index in [4.69, 9.17) is 16.1 Å². The molecule has 26 heavy (non-hydrogen) atoms. The number of aryl methyl sites for hydroxylation is 1. The van der Waals surface area contributed by atoms with Gasteiger partial charge >= 0.3 is 0 Å². The molecule has 0 saturated carbocycles. The van der Waals surface area contributed by atoms with Crippen molar-refractivity contribution in [3.63, 3.8) is 0 Å². The van der Waals surface area contributed by atoms with Gasteiger partial charge in [-0.1, -0.05) is 41.0 Å². The molecule has 3 aromatic rings. The fourth-order valence-electron chi connectivity index (χ4n) is 2.41. The number of benzene rings is 2. The van der Waals surface area contributed by atoms with Gasteiger partial charge in [0.2, 0.25) is 21.7 Å². The van der Waals surface area contributed by atoms with E-state index < -0.39 is 10.0 Å². The Morgan fingerprint density at radius 1 is 1.12 bits per heavy atom. The molecule has 0 saturated heterocycles. The molecule has 0 atom stereocenters. The number of halogens is 1. The van der Waals surface area contributed by atoms with E-state index in [0.29, 0.717) is 23.2 Å². The van der Waals surface area contributed by atoms with Gasteiger partial charge in [-0.25, -0.2) is 13.1 Å². The van der Waals surface area contributed by atoms with E-state index in [-0.39, 0.29) is 12.3 Å². The van der Waals surface area contributed by atoms with Gasteiger partial charge in [0, 0.05) is 23.6 Å². The number of rotatable bonds is 7. The first-order valence-corrected chi connectivity index (χ1v) is 10.1. The highest BCUT2D eigenvalue weighted by Gasteiger charge is 2.14. The molecule has 0 unspecified atom stereocenters. The van der Waals surface area contributed by atoms with Gasteiger partial charge in [0.05, 0.1) is 5.75 Å². The summed E-state index contributed by atoms with van der Waals surface area (Å²) in [5.41, 5.74) is 2.51. The summed E-state index contributed by atoms with van der Waals surface area (Å²) in [6.07, 6.45) is 0.313. The molecular weight excluding hydrogens is 374 g/mol. The summed E-state index contributed by atoms with van der Waals surface area (Å²) in [6.45, 7) is 2.08. The van der Waals surface area contributed by atoms with Gasteiger partial charge in [0.1, 0.15) is 0 Å². The Kier molecular flexibility index (Phi) is 5.70. The van der Waals surface area contributed by atoms with Crippen LogP contribution in [0.2, 0.25) is 5.02 Å². The van der Waals surface area contributed by atoms with E-state index in [1.807, 2.05) is 31.2 Å². The zero-order chi connectivity index (χ0) is 18.6. The van der Waals surface area contributed by atoms with Crippen LogP contribution in [0.3, 0.4) is 0 Å². The number of nitrogens with one attached hydrogen (secondary N) is 1. The predicted octanol–water partition coefficient (Wildman–Crippen LogP) is 3.36. The first-order valence-electron chi connectivity index (χ1n) is 8.03. The number of hydrogen-bond donors (Lipinski definition) is 1. The molecule has 1 heterocycles. The van der Waals surface area contributed by atoms with Crippen LogP contribution in [-0.4, -0.2) is 25.1 Å². The standard InChI is InChI=1S/C18H18ClN3O3S/c1-13-4-2-3-5-15(13)12-26(23,24)20-11-10-17-21-18(22-25-17)14-6-8-16(19)9-7-14/h2-9,20H,10-12H2,1H3. The lowest BCUT2D eigenvalue weighted by atomic mass is 10.1. The first kappa shape index (κ1) is 18.6. The lowest BCUT2D eigenvalue weighted by Crippen LogP contribution is -2.27. The highest BCUT2D eigenvalue weighted by Crippen LogP contribution is 2.18. The van der Waals surface area contributed by atoms with Crippen molar-refractivity contribution in [2.45, 2.75) is 19.1 Å². The van der Waals surface area contributed by atoms with Gasteiger partial charge in [-0.3, -0.25) is 0 Å². The Bertz CT molecular complexity index is 985. The molecule has 3 rings (SSSR count). The third-order valence-electron chi connectivity index (χ3n) is 3.84. The molecule has 6 nitrogen and oxygen atoms in total. The summed E-state index contributed by atoms with van der Waals surface area (Å²) >= 11 is 5.85. The fourth-order valence-corrected chi connectivity index (χ4v) is 3.79. The van der Waals surface area contributed by atoms with E-state index in [2.05, 4.69) is 14.9 Å². The van der Waals surface area contributed by atoms with E-state index >= 15 is 0 Å². The average molecular weight is 392 g/mol. The van der Waals surface area contributed by atoms with Crippen molar-refractivity contribution >= 4 is 21.6 Å². The Morgan fingerprint density at radius 3 is 2.58 bits per heavy atom. The highest BCUT2D eigenvalue weighted by atomic mass is 35.5. The summed E-state index contributed by atoms with van der Waals surface area (Å²) in [4.78, 5) is 4.27. The Hall–Kier alpha value is -2.22. The van der Waals surface area contributed by atoms with Crippen LogP contribution in [0.5, 0.6) is 0 Å². The van der Waals surface area contributed by atoms with Crippen LogP contribution >= 0.6 is 11.6 Å². The second kappa shape index (κ2) is 7.99. The SMILES string of the molecule is Cc1ccccc1CS(=O)(=O)NCCc1nc(-c2ccc(Cl)cc2)no1. The van der Waals surface area contributed by atoms with Crippen molar-refractivity contribution in [3.8, 4) is 11.4 Å². The quantitative estimate of drug-likeness (QED) is 0.667. The van der Waals surface area contributed by atoms with E-state index in [9.17, 15) is 8.42 Å². The highest BCUT2D eigenvalue weighted by molar-refractivity contribution is 7.88. The molecule has 1 aromatic heterocycles. The molecule has 0 radical (unpaired) electrons. The van der Waals surface area contributed by atoms with Crippen LogP contribution in [0.1, 0.15) is 17.0 Å². The minimum absolute atomic E-state index is 0.0560. The molecule has 0 aliphatic carbocycles. The van der Waals surface area contributed by atoms with Crippen LogP contribution in [-0.2, 0) is 22.2 Å². The molecule has 136 valence electrons. The van der Waals surface area contributed by atoms with Crippen LogP contribution in [0.4, 0.5) is 0 Å². The second-order valence-electron chi connectivity index (χ2n) is 5.85. The molecule has 0 aliphatic rings. The van der Waals surface area contributed by atoms with Gasteiger partial charge in [0.25, 0.3) is 0 Å². The topological polar surface area (TPSA) is 85.1 Å². The largest absolute Gasteiger partial charge is 0.339 e. The maximum Gasteiger partial charge on any atom is 0.228 e. The first-order chi connectivity index (χ1) is 12.4. The summed E-state index contributed by atoms with van der Waals surface area (Å²) in [5.74, 6) is 0.757. The number of hydrogen-bond acceptors (Lipinski definition) is 5. The molecule has 0 spiro atoms. The number of aromatic nitrogens is 2. The van der Waals surface area contributed by atoms with Crippen molar-refractivity contribution in [1.29, 1.82) is 0 Å². The third-order valence-corrected chi connectivity index (χ3v) is 5.43. The molecule has 0 fully saturated rings. The van der Waals surface area contributed by atoms with E-state index in [0.717, 1.165) is 16.7 Å². The van der Waals surface area contributed by atoms with Crippen molar-refractivity contribution in [2.24, 2.45) is 0 Å². The van der Waals surface area contributed by atoms with Crippen LogP contribution < -0.4 is 4.72 Å². The lowest BCUT2D eigenvalue weighted by molar-refractivity contribution is 0.379. The van der Waals surface area contributed by atoms with Gasteiger partial charge in [-0.05, 0) is 42.3 Å². The fraction of sp³-hybridized carbons (Fsp3) is 0.222. The summed E-state index contributed by atoms with van der Waals surface area (Å²) < 4.78 is 32.2. The summed E-state index contributed by atoms with van der Waals surface area (Å²) in [7, 11) is -3.43. The molecule has 0 amide bonds. The number of nitrogens with zero attached hydrogens (tertiary/aromatic N) is 2. The lowest BCUT2D eigenvalue weighted by Gasteiger charge is -2.07. The van der Waals surface area contributed by atoms with Gasteiger partial charge < -0.3 is 4.52 Å². The molecule has 0 bridgehead atoms. The van der Waals surface area contributed by atoms with Gasteiger partial charge in [0.15, 0.2) is 0 Å².